The number of halogens is 1. The van der Waals surface area contributed by atoms with Crippen LogP contribution in [0.4, 0.5) is 10.1 Å². The molecule has 0 fully saturated rings. The number of nitrogens with two attached hydrogens (primary N) is 1. The molecule has 21 heavy (non-hydrogen) atoms. The number of anilines is 1. The fourth-order valence-electron chi connectivity index (χ4n) is 2.06. The van der Waals surface area contributed by atoms with Crippen molar-refractivity contribution in [3.8, 4) is 0 Å². The zero-order chi connectivity index (χ0) is 15.6. The summed E-state index contributed by atoms with van der Waals surface area (Å²) in [6.07, 6.45) is 0. The normalized spacial score (nSPS) is 11.8. The van der Waals surface area contributed by atoms with Gasteiger partial charge in [0.05, 0.1) is 4.90 Å². The van der Waals surface area contributed by atoms with Crippen molar-refractivity contribution < 1.29 is 12.8 Å². The molecule has 0 saturated heterocycles. The Labute approximate surface area is 124 Å². The molecule has 0 unspecified atom stereocenters. The molecule has 2 rings (SSSR count). The predicted octanol–water partition coefficient (Wildman–Crippen LogP) is 2.54. The lowest BCUT2D eigenvalue weighted by Crippen LogP contribution is -2.27. The highest BCUT2D eigenvalue weighted by atomic mass is 32.2. The predicted molar refractivity (Wildman–Crippen MR) is 80.6 cm³/mol. The van der Waals surface area contributed by atoms with E-state index < -0.39 is 10.0 Å². The molecule has 0 aromatic heterocycles. The van der Waals surface area contributed by atoms with Crippen LogP contribution in [-0.4, -0.2) is 19.8 Å². The van der Waals surface area contributed by atoms with Crippen LogP contribution in [0.3, 0.4) is 0 Å². The van der Waals surface area contributed by atoms with Gasteiger partial charge in [-0.2, -0.15) is 4.31 Å². The van der Waals surface area contributed by atoms with Gasteiger partial charge in [-0.1, -0.05) is 12.1 Å². The summed E-state index contributed by atoms with van der Waals surface area (Å²) in [4.78, 5) is 0.223. The Morgan fingerprint density at radius 2 is 1.76 bits per heavy atom. The fraction of sp³-hybridized carbons (Fsp3) is 0.200. The highest BCUT2D eigenvalue weighted by Gasteiger charge is 2.22. The average Bonchev–Trinajstić information content (AvgIpc) is 2.40. The molecule has 0 saturated carbocycles. The molecule has 0 bridgehead atoms. The standard InChI is InChI=1S/C15H17FN2O2S/c1-11-9-14(17)7-8-15(11)21(19,20)18(2)10-12-3-5-13(16)6-4-12/h3-9H,10,17H2,1-2H3. The van der Waals surface area contributed by atoms with Crippen LogP contribution >= 0.6 is 0 Å². The van der Waals surface area contributed by atoms with E-state index in [-0.39, 0.29) is 17.3 Å². The second kappa shape index (κ2) is 5.83. The van der Waals surface area contributed by atoms with E-state index in [9.17, 15) is 12.8 Å². The van der Waals surface area contributed by atoms with Crippen molar-refractivity contribution in [1.29, 1.82) is 0 Å². The highest BCUT2D eigenvalue weighted by molar-refractivity contribution is 7.89. The first-order valence-corrected chi connectivity index (χ1v) is 7.81. The molecular formula is C15H17FN2O2S. The van der Waals surface area contributed by atoms with Crippen LogP contribution in [0.1, 0.15) is 11.1 Å². The molecule has 0 aliphatic rings. The van der Waals surface area contributed by atoms with Crippen LogP contribution in [0.15, 0.2) is 47.4 Å². The van der Waals surface area contributed by atoms with Gasteiger partial charge in [0.15, 0.2) is 0 Å². The second-order valence-corrected chi connectivity index (χ2v) is 6.93. The number of hydrogen-bond donors (Lipinski definition) is 1. The third-order valence-electron chi connectivity index (χ3n) is 3.21. The number of benzene rings is 2. The minimum Gasteiger partial charge on any atom is -0.399 e. The van der Waals surface area contributed by atoms with Crippen LogP contribution in [0.2, 0.25) is 0 Å². The van der Waals surface area contributed by atoms with Crippen molar-refractivity contribution in [2.75, 3.05) is 12.8 Å². The SMILES string of the molecule is Cc1cc(N)ccc1S(=O)(=O)N(C)Cc1ccc(F)cc1. The Morgan fingerprint density at radius 1 is 1.14 bits per heavy atom. The summed E-state index contributed by atoms with van der Waals surface area (Å²) in [7, 11) is -2.12. The van der Waals surface area contributed by atoms with Crippen LogP contribution < -0.4 is 5.73 Å². The quantitative estimate of drug-likeness (QED) is 0.883. The van der Waals surface area contributed by atoms with Gasteiger partial charge in [-0.15, -0.1) is 0 Å². The first-order chi connectivity index (χ1) is 9.80. The second-order valence-electron chi connectivity index (χ2n) is 4.91. The van der Waals surface area contributed by atoms with E-state index in [4.69, 9.17) is 5.73 Å². The van der Waals surface area contributed by atoms with Gasteiger partial charge in [0.2, 0.25) is 10.0 Å². The molecular weight excluding hydrogens is 291 g/mol. The Morgan fingerprint density at radius 3 is 2.33 bits per heavy atom. The molecule has 2 aromatic carbocycles. The first kappa shape index (κ1) is 15.5. The minimum atomic E-state index is -3.61. The molecule has 0 aliphatic carbocycles. The molecule has 4 nitrogen and oxygen atoms in total. The van der Waals surface area contributed by atoms with E-state index >= 15 is 0 Å². The van der Waals surface area contributed by atoms with Crippen molar-refractivity contribution in [3.05, 3.63) is 59.4 Å². The van der Waals surface area contributed by atoms with Gasteiger partial charge in [-0.3, -0.25) is 0 Å². The van der Waals surface area contributed by atoms with E-state index in [2.05, 4.69) is 0 Å². The highest BCUT2D eigenvalue weighted by Crippen LogP contribution is 2.22. The van der Waals surface area contributed by atoms with Gasteiger partial charge in [0.1, 0.15) is 5.82 Å². The molecule has 0 aliphatic heterocycles. The number of sulfonamides is 1. The average molecular weight is 308 g/mol. The fourth-order valence-corrected chi connectivity index (χ4v) is 3.42. The van der Waals surface area contributed by atoms with Gasteiger partial charge in [0, 0.05) is 19.3 Å². The Balaban J connectivity index is 2.28. The smallest absolute Gasteiger partial charge is 0.243 e. The van der Waals surface area contributed by atoms with Gasteiger partial charge in [0.25, 0.3) is 0 Å². The molecule has 0 spiro atoms. The van der Waals surface area contributed by atoms with E-state index in [1.165, 1.54) is 29.6 Å². The van der Waals surface area contributed by atoms with E-state index in [0.29, 0.717) is 11.3 Å². The number of nitrogen functional groups attached to an aromatic ring is 1. The number of aryl methyl sites for hydroxylation is 1. The molecule has 112 valence electrons. The Hall–Kier alpha value is -1.92. The molecule has 0 atom stereocenters. The molecule has 2 N–H and O–H groups in total. The van der Waals surface area contributed by atoms with Crippen molar-refractivity contribution in [1.82, 2.24) is 4.31 Å². The van der Waals surface area contributed by atoms with Gasteiger partial charge in [-0.05, 0) is 48.4 Å². The first-order valence-electron chi connectivity index (χ1n) is 6.37. The lowest BCUT2D eigenvalue weighted by molar-refractivity contribution is 0.466. The maximum absolute atomic E-state index is 12.9. The maximum atomic E-state index is 12.9. The maximum Gasteiger partial charge on any atom is 0.243 e. The third-order valence-corrected chi connectivity index (χ3v) is 5.17. The van der Waals surface area contributed by atoms with Crippen molar-refractivity contribution in [2.24, 2.45) is 0 Å². The lowest BCUT2D eigenvalue weighted by atomic mass is 10.2. The van der Waals surface area contributed by atoms with E-state index in [1.807, 2.05) is 0 Å². The minimum absolute atomic E-state index is 0.173. The third kappa shape index (κ3) is 3.40. The van der Waals surface area contributed by atoms with Crippen LogP contribution in [-0.2, 0) is 16.6 Å². The molecule has 0 amide bonds. The molecule has 0 heterocycles. The van der Waals surface area contributed by atoms with Gasteiger partial charge < -0.3 is 5.73 Å². The molecule has 2 aromatic rings. The van der Waals surface area contributed by atoms with Crippen molar-refractivity contribution >= 4 is 15.7 Å². The summed E-state index contributed by atoms with van der Waals surface area (Å²) in [5, 5.41) is 0. The summed E-state index contributed by atoms with van der Waals surface area (Å²) in [5.74, 6) is -0.348. The number of hydrogen-bond acceptors (Lipinski definition) is 3. The summed E-state index contributed by atoms with van der Waals surface area (Å²) in [6.45, 7) is 1.88. The largest absolute Gasteiger partial charge is 0.399 e. The topological polar surface area (TPSA) is 63.4 Å². The zero-order valence-corrected chi connectivity index (χ0v) is 12.7. The Bertz CT molecular complexity index is 743. The summed E-state index contributed by atoms with van der Waals surface area (Å²) in [6, 6.07) is 10.4. The summed E-state index contributed by atoms with van der Waals surface area (Å²) >= 11 is 0. The van der Waals surface area contributed by atoms with E-state index in [0.717, 1.165) is 5.56 Å². The van der Waals surface area contributed by atoms with Crippen LogP contribution in [0, 0.1) is 12.7 Å². The van der Waals surface area contributed by atoms with Crippen LogP contribution in [0.25, 0.3) is 0 Å². The lowest BCUT2D eigenvalue weighted by Gasteiger charge is -2.19. The molecule has 6 heteroatoms. The van der Waals surface area contributed by atoms with Gasteiger partial charge >= 0.3 is 0 Å². The van der Waals surface area contributed by atoms with Crippen molar-refractivity contribution in [2.45, 2.75) is 18.4 Å². The Kier molecular flexibility index (Phi) is 4.29. The van der Waals surface area contributed by atoms with Crippen LogP contribution in [0.5, 0.6) is 0 Å². The zero-order valence-electron chi connectivity index (χ0n) is 11.9. The van der Waals surface area contributed by atoms with Gasteiger partial charge in [-0.25, -0.2) is 12.8 Å². The van der Waals surface area contributed by atoms with Crippen molar-refractivity contribution in [3.63, 3.8) is 0 Å². The summed E-state index contributed by atoms with van der Waals surface area (Å²) < 4.78 is 39.2. The monoisotopic (exact) mass is 308 g/mol. The number of nitrogens with zero attached hydrogens (tertiary/aromatic N) is 1. The summed E-state index contributed by atoms with van der Waals surface area (Å²) in [5.41, 5.74) is 7.48. The number of rotatable bonds is 4. The van der Waals surface area contributed by atoms with E-state index in [1.54, 1.807) is 31.2 Å². The molecule has 0 radical (unpaired) electrons.